The van der Waals surface area contributed by atoms with Crippen LogP contribution in [0.15, 0.2) is 12.1 Å². The summed E-state index contributed by atoms with van der Waals surface area (Å²) in [6, 6.07) is 1.71. The number of carbonyl (C=O) groups is 1. The fraction of sp³-hybridized carbons (Fsp3) is 0.125. The molecule has 0 atom stereocenters. The van der Waals surface area contributed by atoms with Crippen molar-refractivity contribution in [3.63, 3.8) is 0 Å². The molecule has 0 aliphatic heterocycles. The number of hydrogen-bond donors (Lipinski definition) is 2. The Kier molecular flexibility index (Phi) is 3.97. The van der Waals surface area contributed by atoms with Gasteiger partial charge in [0.05, 0.1) is 5.56 Å². The third-order valence-corrected chi connectivity index (χ3v) is 1.81. The fourth-order valence-corrected chi connectivity index (χ4v) is 1.22. The van der Waals surface area contributed by atoms with Crippen LogP contribution in [0.2, 0.25) is 5.02 Å². The summed E-state index contributed by atoms with van der Waals surface area (Å²) in [5, 5.41) is -0.141. The molecule has 0 spiro atoms. The Hall–Kier alpha value is -1.47. The van der Waals surface area contributed by atoms with Crippen LogP contribution in [-0.2, 0) is 0 Å². The zero-order chi connectivity index (χ0) is 12.3. The van der Waals surface area contributed by atoms with Crippen molar-refractivity contribution in [3.05, 3.63) is 28.5 Å². The number of amides is 1. The lowest BCUT2D eigenvalue weighted by Crippen LogP contribution is -2.30. The van der Waals surface area contributed by atoms with Gasteiger partial charge >= 0.3 is 6.61 Å². The SMILES string of the molecule is NNC(=O)c1cc(Cl)cc(F)c1OC(F)F. The standard InChI is InChI=1S/C8H6ClF3N2O2/c9-3-1-4(7(15)14-13)6(5(10)2-3)16-8(11)12/h1-2,8H,13H2,(H,14,15). The molecule has 0 saturated heterocycles. The number of hydrazine groups is 1. The van der Waals surface area contributed by atoms with Crippen molar-refractivity contribution in [3.8, 4) is 5.75 Å². The van der Waals surface area contributed by atoms with Crippen LogP contribution in [0.4, 0.5) is 13.2 Å². The molecule has 0 aliphatic carbocycles. The number of rotatable bonds is 3. The molecule has 1 aromatic rings. The molecule has 0 unspecified atom stereocenters. The van der Waals surface area contributed by atoms with E-state index in [9.17, 15) is 18.0 Å². The van der Waals surface area contributed by atoms with E-state index in [0.717, 1.165) is 12.1 Å². The van der Waals surface area contributed by atoms with Gasteiger partial charge in [0.25, 0.3) is 5.91 Å². The predicted molar refractivity (Wildman–Crippen MR) is 49.7 cm³/mol. The van der Waals surface area contributed by atoms with E-state index in [-0.39, 0.29) is 5.02 Å². The summed E-state index contributed by atoms with van der Waals surface area (Å²) in [6.45, 7) is -3.26. The Morgan fingerprint density at radius 3 is 2.62 bits per heavy atom. The van der Waals surface area contributed by atoms with E-state index in [4.69, 9.17) is 17.4 Å². The monoisotopic (exact) mass is 254 g/mol. The van der Waals surface area contributed by atoms with Crippen LogP contribution in [0.1, 0.15) is 10.4 Å². The minimum Gasteiger partial charge on any atom is -0.431 e. The molecule has 1 amide bonds. The number of benzene rings is 1. The highest BCUT2D eigenvalue weighted by Gasteiger charge is 2.20. The molecule has 0 radical (unpaired) electrons. The van der Waals surface area contributed by atoms with E-state index < -0.39 is 29.6 Å². The molecule has 16 heavy (non-hydrogen) atoms. The first-order valence-corrected chi connectivity index (χ1v) is 4.28. The number of halogens is 4. The van der Waals surface area contributed by atoms with Crippen LogP contribution in [0.25, 0.3) is 0 Å². The number of nitrogens with two attached hydrogens (primary N) is 1. The zero-order valence-electron chi connectivity index (χ0n) is 7.64. The molecule has 8 heteroatoms. The normalized spacial score (nSPS) is 10.4. The van der Waals surface area contributed by atoms with E-state index in [2.05, 4.69) is 4.74 Å². The maximum Gasteiger partial charge on any atom is 0.387 e. The fourth-order valence-electron chi connectivity index (χ4n) is 1.02. The van der Waals surface area contributed by atoms with Crippen molar-refractivity contribution >= 4 is 17.5 Å². The molecule has 4 nitrogen and oxygen atoms in total. The third kappa shape index (κ3) is 2.77. The Labute approximate surface area is 93.1 Å². The number of nitrogens with one attached hydrogen (secondary N) is 1. The van der Waals surface area contributed by atoms with Crippen LogP contribution in [0, 0.1) is 5.82 Å². The largest absolute Gasteiger partial charge is 0.431 e. The van der Waals surface area contributed by atoms with Gasteiger partial charge in [-0.25, -0.2) is 10.2 Å². The van der Waals surface area contributed by atoms with Gasteiger partial charge in [-0.05, 0) is 12.1 Å². The van der Waals surface area contributed by atoms with Gasteiger partial charge in [-0.3, -0.25) is 10.2 Å². The topological polar surface area (TPSA) is 64.3 Å². The van der Waals surface area contributed by atoms with Crippen molar-refractivity contribution in [2.45, 2.75) is 6.61 Å². The summed E-state index contributed by atoms with van der Waals surface area (Å²) >= 11 is 5.46. The van der Waals surface area contributed by atoms with Crippen LogP contribution in [0.5, 0.6) is 5.75 Å². The van der Waals surface area contributed by atoms with Crippen molar-refractivity contribution in [2.24, 2.45) is 5.84 Å². The first-order valence-electron chi connectivity index (χ1n) is 3.90. The summed E-state index contributed by atoms with van der Waals surface area (Å²) in [5.74, 6) is 1.73. The van der Waals surface area contributed by atoms with E-state index in [1.54, 1.807) is 5.43 Å². The van der Waals surface area contributed by atoms with Crippen molar-refractivity contribution in [2.75, 3.05) is 0 Å². The van der Waals surface area contributed by atoms with Crippen molar-refractivity contribution in [1.82, 2.24) is 5.43 Å². The number of carbonyl (C=O) groups excluding carboxylic acids is 1. The zero-order valence-corrected chi connectivity index (χ0v) is 8.39. The smallest absolute Gasteiger partial charge is 0.387 e. The van der Waals surface area contributed by atoms with Crippen molar-refractivity contribution in [1.29, 1.82) is 0 Å². The average Bonchev–Trinajstić information content (AvgIpc) is 2.20. The van der Waals surface area contributed by atoms with Crippen LogP contribution in [-0.4, -0.2) is 12.5 Å². The number of ether oxygens (including phenoxy) is 1. The lowest BCUT2D eigenvalue weighted by molar-refractivity contribution is -0.0525. The lowest BCUT2D eigenvalue weighted by atomic mass is 10.2. The Morgan fingerprint density at radius 2 is 2.12 bits per heavy atom. The van der Waals surface area contributed by atoms with Crippen LogP contribution in [0.3, 0.4) is 0 Å². The van der Waals surface area contributed by atoms with Gasteiger partial charge in [0.15, 0.2) is 11.6 Å². The molecular weight excluding hydrogens is 249 g/mol. The Balaban J connectivity index is 3.26. The molecule has 0 bridgehead atoms. The van der Waals surface area contributed by atoms with Crippen LogP contribution < -0.4 is 16.0 Å². The number of hydrogen-bond acceptors (Lipinski definition) is 3. The first kappa shape index (κ1) is 12.6. The minimum absolute atomic E-state index is 0.141. The maximum absolute atomic E-state index is 13.2. The molecule has 88 valence electrons. The summed E-state index contributed by atoms with van der Waals surface area (Å²) < 4.78 is 41.0. The highest BCUT2D eigenvalue weighted by atomic mass is 35.5. The summed E-state index contributed by atoms with van der Waals surface area (Å²) in [5.41, 5.74) is 1.15. The van der Waals surface area contributed by atoms with Gasteiger partial charge in [0.2, 0.25) is 0 Å². The third-order valence-electron chi connectivity index (χ3n) is 1.59. The Bertz CT molecular complexity index is 415. The summed E-state index contributed by atoms with van der Waals surface area (Å²) in [6.07, 6.45) is 0. The quantitative estimate of drug-likeness (QED) is 0.490. The molecule has 0 fully saturated rings. The van der Waals surface area contributed by atoms with Gasteiger partial charge in [-0.1, -0.05) is 11.6 Å². The van der Waals surface area contributed by atoms with E-state index in [1.165, 1.54) is 0 Å². The molecule has 1 aromatic carbocycles. The van der Waals surface area contributed by atoms with Crippen molar-refractivity contribution < 1.29 is 22.7 Å². The first-order chi connectivity index (χ1) is 7.45. The Morgan fingerprint density at radius 1 is 1.50 bits per heavy atom. The van der Waals surface area contributed by atoms with Gasteiger partial charge in [-0.2, -0.15) is 8.78 Å². The van der Waals surface area contributed by atoms with Gasteiger partial charge < -0.3 is 4.74 Å². The molecule has 0 aliphatic rings. The maximum atomic E-state index is 13.2. The van der Waals surface area contributed by atoms with Gasteiger partial charge in [0.1, 0.15) is 0 Å². The number of alkyl halides is 2. The predicted octanol–water partition coefficient (Wildman–Crippen LogP) is 1.68. The second-order valence-corrected chi connectivity index (χ2v) is 3.05. The number of nitrogen functional groups attached to an aromatic ring is 1. The second-order valence-electron chi connectivity index (χ2n) is 2.62. The highest BCUT2D eigenvalue weighted by Crippen LogP contribution is 2.28. The molecular formula is C8H6ClF3N2O2. The lowest BCUT2D eigenvalue weighted by Gasteiger charge is -2.10. The van der Waals surface area contributed by atoms with Gasteiger partial charge in [-0.15, -0.1) is 0 Å². The summed E-state index contributed by atoms with van der Waals surface area (Å²) in [7, 11) is 0. The van der Waals surface area contributed by atoms with E-state index >= 15 is 0 Å². The summed E-state index contributed by atoms with van der Waals surface area (Å²) in [4.78, 5) is 11.1. The molecule has 0 aromatic heterocycles. The minimum atomic E-state index is -3.26. The molecule has 0 saturated carbocycles. The molecule has 3 N–H and O–H groups in total. The molecule has 1 rings (SSSR count). The second kappa shape index (κ2) is 5.04. The van der Waals surface area contributed by atoms with E-state index in [0.29, 0.717) is 0 Å². The highest BCUT2D eigenvalue weighted by molar-refractivity contribution is 6.31. The average molecular weight is 255 g/mol. The molecule has 0 heterocycles. The van der Waals surface area contributed by atoms with Gasteiger partial charge in [0, 0.05) is 5.02 Å². The van der Waals surface area contributed by atoms with E-state index in [1.807, 2.05) is 0 Å². The van der Waals surface area contributed by atoms with Crippen LogP contribution >= 0.6 is 11.6 Å².